The van der Waals surface area contributed by atoms with Crippen molar-refractivity contribution in [2.45, 2.75) is 37.5 Å². The lowest BCUT2D eigenvalue weighted by Crippen LogP contribution is -2.55. The molecule has 6 aromatic rings. The number of hydrogen-bond donors (Lipinski definition) is 0. The molecule has 1 heterocycles. The van der Waals surface area contributed by atoms with Gasteiger partial charge in [0.15, 0.2) is 17.5 Å². The molecule has 0 aliphatic heterocycles. The molecule has 4 bridgehead atoms. The average molecular weight is 619 g/mol. The van der Waals surface area contributed by atoms with Crippen LogP contribution in [-0.4, -0.2) is 15.0 Å². The first-order chi connectivity index (χ1) is 23.7. The number of hydrogen-bond acceptors (Lipinski definition) is 4. The van der Waals surface area contributed by atoms with Gasteiger partial charge in [0, 0.05) is 22.1 Å². The summed E-state index contributed by atoms with van der Waals surface area (Å²) in [6.45, 7) is 0. The van der Waals surface area contributed by atoms with Crippen molar-refractivity contribution in [2.24, 2.45) is 23.7 Å². The molecule has 4 fully saturated rings. The predicted octanol–water partition coefficient (Wildman–Crippen LogP) is 10.1. The molecule has 0 N–H and O–H groups in total. The van der Waals surface area contributed by atoms with Crippen LogP contribution in [0.25, 0.3) is 56.4 Å². The van der Waals surface area contributed by atoms with Crippen LogP contribution in [0.3, 0.4) is 0 Å². The summed E-state index contributed by atoms with van der Waals surface area (Å²) in [4.78, 5) is 15.1. The summed E-state index contributed by atoms with van der Waals surface area (Å²) in [5.41, 5.74) is 11.5. The lowest BCUT2D eigenvalue weighted by atomic mass is 9.43. The van der Waals surface area contributed by atoms with E-state index in [4.69, 9.17) is 15.0 Å². The van der Waals surface area contributed by atoms with Crippen LogP contribution in [0.1, 0.15) is 48.8 Å². The van der Waals surface area contributed by atoms with Gasteiger partial charge in [-0.25, -0.2) is 15.0 Å². The Balaban J connectivity index is 1.18. The molecule has 11 rings (SSSR count). The van der Waals surface area contributed by atoms with E-state index in [9.17, 15) is 5.26 Å². The van der Waals surface area contributed by atoms with Crippen molar-refractivity contribution in [3.8, 4) is 62.5 Å². The third-order valence-corrected chi connectivity index (χ3v) is 12.0. The maximum absolute atomic E-state index is 9.98. The summed E-state index contributed by atoms with van der Waals surface area (Å²) in [7, 11) is 0. The number of nitriles is 1. The molecule has 5 aromatic carbocycles. The zero-order valence-electron chi connectivity index (χ0n) is 26.7. The summed E-state index contributed by atoms with van der Waals surface area (Å²) in [6.07, 6.45) is 6.70. The zero-order chi connectivity index (χ0) is 31.8. The highest BCUT2D eigenvalue weighted by Gasteiger charge is 2.61. The Morgan fingerprint density at radius 2 is 1.04 bits per heavy atom. The standard InChI is InChI=1S/C44H34N4/c45-26-33-13-7-8-14-36(33)31-15-17-37-38-24-32(16-18-39(38)44(40(37)25-31)34-20-27-19-28(22-34)23-35(44)21-27)43-47-41(29-9-3-1-4-10-29)46-42(48-43)30-11-5-2-6-12-30/h1-18,24-25,27-28,34-35H,19-23H2. The predicted molar refractivity (Wildman–Crippen MR) is 190 cm³/mol. The molecular formula is C44H34N4. The van der Waals surface area contributed by atoms with Crippen molar-refractivity contribution in [3.63, 3.8) is 0 Å². The number of benzene rings is 5. The maximum atomic E-state index is 9.98. The fourth-order valence-corrected chi connectivity index (χ4v) is 10.3. The molecule has 0 saturated heterocycles. The Kier molecular flexibility index (Phi) is 6.09. The molecule has 5 aliphatic carbocycles. The minimum atomic E-state index is 0.0116. The van der Waals surface area contributed by atoms with Gasteiger partial charge in [-0.3, -0.25) is 0 Å². The first-order valence-corrected chi connectivity index (χ1v) is 17.3. The molecule has 0 unspecified atom stereocenters. The SMILES string of the molecule is N#Cc1ccccc1-c1ccc2c(c1)C1(c3ccc(-c4nc(-c5ccccc5)nc(-c5ccccc5)n4)cc3-2)C2CC3CC(C2)CC1C3. The van der Waals surface area contributed by atoms with Crippen LogP contribution < -0.4 is 0 Å². The number of rotatable bonds is 4. The Morgan fingerprint density at radius 1 is 0.479 bits per heavy atom. The highest BCUT2D eigenvalue weighted by Crippen LogP contribution is 2.69. The Morgan fingerprint density at radius 3 is 1.67 bits per heavy atom. The van der Waals surface area contributed by atoms with E-state index in [1.807, 2.05) is 54.6 Å². The van der Waals surface area contributed by atoms with E-state index in [0.29, 0.717) is 29.3 Å². The fraction of sp³-hybridized carbons (Fsp3) is 0.227. The average Bonchev–Trinajstić information content (AvgIpc) is 3.43. The summed E-state index contributed by atoms with van der Waals surface area (Å²) < 4.78 is 0. The number of fused-ring (bicyclic) bond motifs is 3. The number of nitrogens with zero attached hydrogens (tertiary/aromatic N) is 4. The van der Waals surface area contributed by atoms with E-state index in [2.05, 4.69) is 72.8 Å². The van der Waals surface area contributed by atoms with Gasteiger partial charge in [-0.1, -0.05) is 103 Å². The molecule has 4 heteroatoms. The Hall–Kier alpha value is -5.40. The lowest BCUT2D eigenvalue weighted by Gasteiger charge is -2.61. The van der Waals surface area contributed by atoms with Gasteiger partial charge in [-0.05, 0) is 107 Å². The summed E-state index contributed by atoms with van der Waals surface area (Å²) in [6, 6.07) is 44.9. The lowest BCUT2D eigenvalue weighted by molar-refractivity contribution is -0.0399. The van der Waals surface area contributed by atoms with Crippen molar-refractivity contribution in [1.82, 2.24) is 15.0 Å². The smallest absolute Gasteiger partial charge is 0.164 e. The fourth-order valence-electron chi connectivity index (χ4n) is 10.3. The van der Waals surface area contributed by atoms with E-state index in [-0.39, 0.29) is 5.41 Å². The summed E-state index contributed by atoms with van der Waals surface area (Å²) >= 11 is 0. The van der Waals surface area contributed by atoms with Crippen LogP contribution in [0, 0.1) is 35.0 Å². The van der Waals surface area contributed by atoms with Crippen molar-refractivity contribution in [3.05, 3.63) is 138 Å². The van der Waals surface area contributed by atoms with Gasteiger partial charge in [0.05, 0.1) is 11.6 Å². The van der Waals surface area contributed by atoms with Crippen molar-refractivity contribution in [1.29, 1.82) is 5.26 Å². The summed E-state index contributed by atoms with van der Waals surface area (Å²) in [5.74, 6) is 5.08. The van der Waals surface area contributed by atoms with E-state index in [0.717, 1.165) is 45.2 Å². The van der Waals surface area contributed by atoms with E-state index < -0.39 is 0 Å². The molecule has 1 aromatic heterocycles. The van der Waals surface area contributed by atoms with Gasteiger partial charge in [0.2, 0.25) is 0 Å². The van der Waals surface area contributed by atoms with E-state index >= 15 is 0 Å². The molecule has 0 amide bonds. The molecule has 4 nitrogen and oxygen atoms in total. The third kappa shape index (κ3) is 4.04. The number of aromatic nitrogens is 3. The zero-order valence-corrected chi connectivity index (χ0v) is 26.7. The summed E-state index contributed by atoms with van der Waals surface area (Å²) in [5, 5.41) is 9.98. The second-order valence-corrected chi connectivity index (χ2v) is 14.4. The van der Waals surface area contributed by atoms with Crippen LogP contribution in [0.15, 0.2) is 121 Å². The first kappa shape index (κ1) is 27.7. The van der Waals surface area contributed by atoms with E-state index in [1.165, 1.54) is 54.4 Å². The second-order valence-electron chi connectivity index (χ2n) is 14.4. The molecule has 5 aliphatic rings. The van der Waals surface area contributed by atoms with Crippen molar-refractivity contribution < 1.29 is 0 Å². The van der Waals surface area contributed by atoms with Crippen LogP contribution in [0.4, 0.5) is 0 Å². The van der Waals surface area contributed by atoms with Crippen LogP contribution >= 0.6 is 0 Å². The van der Waals surface area contributed by atoms with Gasteiger partial charge in [-0.15, -0.1) is 0 Å². The Labute approximate surface area is 281 Å². The van der Waals surface area contributed by atoms with Gasteiger partial charge in [0.1, 0.15) is 0 Å². The monoisotopic (exact) mass is 618 g/mol. The van der Waals surface area contributed by atoms with E-state index in [1.54, 1.807) is 0 Å². The third-order valence-electron chi connectivity index (χ3n) is 12.0. The molecule has 1 spiro atoms. The molecular weight excluding hydrogens is 585 g/mol. The molecule has 0 atom stereocenters. The Bertz CT molecular complexity index is 2180. The topological polar surface area (TPSA) is 62.5 Å². The van der Waals surface area contributed by atoms with Crippen LogP contribution in [-0.2, 0) is 5.41 Å². The van der Waals surface area contributed by atoms with Gasteiger partial charge in [-0.2, -0.15) is 5.26 Å². The van der Waals surface area contributed by atoms with Gasteiger partial charge in [0.25, 0.3) is 0 Å². The largest absolute Gasteiger partial charge is 0.208 e. The minimum absolute atomic E-state index is 0.0116. The van der Waals surface area contributed by atoms with Gasteiger partial charge >= 0.3 is 0 Å². The van der Waals surface area contributed by atoms with Gasteiger partial charge < -0.3 is 0 Å². The quantitative estimate of drug-likeness (QED) is 0.197. The normalized spacial score (nSPS) is 24.3. The molecule has 230 valence electrons. The van der Waals surface area contributed by atoms with Crippen LogP contribution in [0.5, 0.6) is 0 Å². The van der Waals surface area contributed by atoms with Crippen molar-refractivity contribution >= 4 is 0 Å². The highest BCUT2D eigenvalue weighted by molar-refractivity contribution is 5.87. The van der Waals surface area contributed by atoms with Crippen molar-refractivity contribution in [2.75, 3.05) is 0 Å². The first-order valence-electron chi connectivity index (χ1n) is 17.3. The minimum Gasteiger partial charge on any atom is -0.208 e. The molecule has 4 saturated carbocycles. The molecule has 48 heavy (non-hydrogen) atoms. The maximum Gasteiger partial charge on any atom is 0.164 e. The van der Waals surface area contributed by atoms with Crippen LogP contribution in [0.2, 0.25) is 0 Å². The molecule has 0 radical (unpaired) electrons. The second kappa shape index (κ2) is 10.6. The highest BCUT2D eigenvalue weighted by atomic mass is 15.0.